The number of tetrazole rings is 1. The van der Waals surface area contributed by atoms with E-state index in [2.05, 4.69) is 25.9 Å². The van der Waals surface area contributed by atoms with E-state index in [0.717, 1.165) is 29.7 Å². The Balaban J connectivity index is 1.37. The van der Waals surface area contributed by atoms with E-state index in [1.807, 2.05) is 42.5 Å². The average molecular weight is 388 g/mol. The zero-order valence-corrected chi connectivity index (χ0v) is 15.8. The van der Waals surface area contributed by atoms with Crippen LogP contribution in [0.5, 0.6) is 0 Å². The van der Waals surface area contributed by atoms with Gasteiger partial charge >= 0.3 is 0 Å². The molecule has 1 amide bonds. The van der Waals surface area contributed by atoms with Gasteiger partial charge in [0.1, 0.15) is 5.78 Å². The summed E-state index contributed by atoms with van der Waals surface area (Å²) in [6, 6.07) is 16.8. The van der Waals surface area contributed by atoms with Crippen LogP contribution in [0.2, 0.25) is 0 Å². The molecule has 1 saturated carbocycles. The van der Waals surface area contributed by atoms with Crippen LogP contribution in [0.15, 0.2) is 59.7 Å². The molecular formula is C21H20N6O2. The van der Waals surface area contributed by atoms with Crippen LogP contribution in [-0.2, 0) is 11.3 Å². The lowest BCUT2D eigenvalue weighted by molar-refractivity contribution is -0.118. The van der Waals surface area contributed by atoms with Crippen molar-refractivity contribution in [3.8, 4) is 11.4 Å². The van der Waals surface area contributed by atoms with E-state index in [4.69, 9.17) is 0 Å². The maximum absolute atomic E-state index is 12.3. The molecule has 4 rings (SSSR count). The lowest BCUT2D eigenvalue weighted by atomic mass is 9.97. The smallest absolute Gasteiger partial charge is 0.271 e. The number of ketones is 1. The van der Waals surface area contributed by atoms with Gasteiger partial charge in [-0.05, 0) is 35.8 Å². The number of amides is 1. The number of nitrogens with zero attached hydrogens (tertiary/aromatic N) is 5. The molecule has 29 heavy (non-hydrogen) atoms. The Morgan fingerprint density at radius 2 is 1.86 bits per heavy atom. The molecule has 8 heteroatoms. The van der Waals surface area contributed by atoms with Gasteiger partial charge in [0.25, 0.3) is 5.91 Å². The molecule has 8 nitrogen and oxygen atoms in total. The molecule has 1 aliphatic rings. The van der Waals surface area contributed by atoms with E-state index in [9.17, 15) is 9.59 Å². The van der Waals surface area contributed by atoms with Gasteiger partial charge in [-0.2, -0.15) is 9.90 Å². The van der Waals surface area contributed by atoms with Gasteiger partial charge in [0.05, 0.1) is 6.54 Å². The molecular weight excluding hydrogens is 368 g/mol. The molecule has 0 bridgehead atoms. The summed E-state index contributed by atoms with van der Waals surface area (Å²) >= 11 is 0. The number of hydrogen-bond acceptors (Lipinski definition) is 6. The van der Waals surface area contributed by atoms with E-state index in [1.54, 1.807) is 12.1 Å². The third-order valence-corrected chi connectivity index (χ3v) is 4.66. The topological polar surface area (TPSA) is 102 Å². The molecule has 0 radical (unpaired) electrons. The molecule has 1 aliphatic carbocycles. The molecule has 1 fully saturated rings. The summed E-state index contributed by atoms with van der Waals surface area (Å²) in [5.41, 5.74) is 5.62. The summed E-state index contributed by atoms with van der Waals surface area (Å²) < 4.78 is 0. The molecule has 3 aromatic rings. The average Bonchev–Trinajstić information content (AvgIpc) is 3.22. The Labute approximate surface area is 167 Å². The van der Waals surface area contributed by atoms with Crippen molar-refractivity contribution in [3.63, 3.8) is 0 Å². The van der Waals surface area contributed by atoms with Gasteiger partial charge in [0.2, 0.25) is 5.82 Å². The van der Waals surface area contributed by atoms with Crippen molar-refractivity contribution < 1.29 is 9.59 Å². The van der Waals surface area contributed by atoms with Crippen LogP contribution in [-0.4, -0.2) is 37.6 Å². The van der Waals surface area contributed by atoms with Crippen molar-refractivity contribution in [2.45, 2.75) is 32.2 Å². The number of rotatable bonds is 5. The minimum Gasteiger partial charge on any atom is -0.299 e. The largest absolute Gasteiger partial charge is 0.299 e. The molecule has 0 spiro atoms. The highest BCUT2D eigenvalue weighted by atomic mass is 16.2. The zero-order chi connectivity index (χ0) is 20.1. The summed E-state index contributed by atoms with van der Waals surface area (Å²) in [5, 5.41) is 16.7. The third-order valence-electron chi connectivity index (χ3n) is 4.66. The summed E-state index contributed by atoms with van der Waals surface area (Å²) in [6.07, 6.45) is 2.47. The van der Waals surface area contributed by atoms with Crippen molar-refractivity contribution in [1.82, 2.24) is 25.6 Å². The van der Waals surface area contributed by atoms with Crippen LogP contribution in [0, 0.1) is 0 Å². The zero-order valence-electron chi connectivity index (χ0n) is 15.8. The predicted molar refractivity (Wildman–Crippen MR) is 107 cm³/mol. The Morgan fingerprint density at radius 1 is 1.07 bits per heavy atom. The maximum Gasteiger partial charge on any atom is 0.271 e. The highest BCUT2D eigenvalue weighted by Gasteiger charge is 2.15. The van der Waals surface area contributed by atoms with Gasteiger partial charge in [-0.25, -0.2) is 5.43 Å². The normalized spacial score (nSPS) is 15.4. The second kappa shape index (κ2) is 8.55. The molecule has 1 aromatic heterocycles. The Kier molecular flexibility index (Phi) is 5.51. The van der Waals surface area contributed by atoms with E-state index < -0.39 is 0 Å². The first-order valence-corrected chi connectivity index (χ1v) is 9.47. The Bertz CT molecular complexity index is 1040. The molecule has 0 saturated heterocycles. The number of Topliss-reactive ketones (excluding diaryl/α,β-unsaturated/α-hetero) is 1. The first-order valence-electron chi connectivity index (χ1n) is 9.47. The van der Waals surface area contributed by atoms with Crippen LogP contribution in [0.25, 0.3) is 11.4 Å². The fourth-order valence-corrected chi connectivity index (χ4v) is 3.12. The van der Waals surface area contributed by atoms with Crippen LogP contribution in [0.4, 0.5) is 0 Å². The van der Waals surface area contributed by atoms with Gasteiger partial charge in [0.15, 0.2) is 0 Å². The third kappa shape index (κ3) is 4.78. The number of carbonyl (C=O) groups is 2. The minimum absolute atomic E-state index is 0.172. The number of hydrogen-bond donors (Lipinski definition) is 1. The molecule has 1 heterocycles. The molecule has 0 unspecified atom stereocenters. The molecule has 146 valence electrons. The molecule has 1 N–H and O–H groups in total. The highest BCUT2D eigenvalue weighted by molar-refractivity contribution is 6.04. The van der Waals surface area contributed by atoms with E-state index >= 15 is 0 Å². The lowest BCUT2D eigenvalue weighted by Crippen LogP contribution is -2.22. The Hall–Kier alpha value is -3.68. The fraction of sp³-hybridized carbons (Fsp3) is 0.238. The highest BCUT2D eigenvalue weighted by Crippen LogP contribution is 2.13. The van der Waals surface area contributed by atoms with Gasteiger partial charge in [-0.1, -0.05) is 42.5 Å². The second-order valence-electron chi connectivity index (χ2n) is 6.89. The standard InChI is InChI=1S/C21H20N6O2/c28-19-8-4-7-18(13-19)22-24-21(29)17-11-9-15(10-12-17)14-27-25-20(23-26-27)16-5-2-1-3-6-16/h1-3,5-6,9-12H,4,7-8,13-14H2,(H,24,29)/b22-18-. The van der Waals surface area contributed by atoms with Crippen molar-refractivity contribution in [2.75, 3.05) is 0 Å². The van der Waals surface area contributed by atoms with E-state index in [0.29, 0.717) is 30.8 Å². The van der Waals surface area contributed by atoms with E-state index in [-0.39, 0.29) is 11.7 Å². The molecule has 0 atom stereocenters. The first kappa shape index (κ1) is 18.7. The SMILES string of the molecule is O=C1CCC/C(=N/NC(=O)c2ccc(Cn3nnc(-c4ccccc4)n3)cc2)C1. The second-order valence-corrected chi connectivity index (χ2v) is 6.89. The van der Waals surface area contributed by atoms with Crippen LogP contribution in [0.1, 0.15) is 41.6 Å². The first-order chi connectivity index (χ1) is 14.2. The number of aromatic nitrogens is 4. The van der Waals surface area contributed by atoms with Crippen LogP contribution >= 0.6 is 0 Å². The summed E-state index contributed by atoms with van der Waals surface area (Å²) in [6.45, 7) is 0.451. The lowest BCUT2D eigenvalue weighted by Gasteiger charge is -2.11. The fourth-order valence-electron chi connectivity index (χ4n) is 3.12. The van der Waals surface area contributed by atoms with Gasteiger partial charge in [-0.15, -0.1) is 10.2 Å². The molecule has 2 aromatic carbocycles. The van der Waals surface area contributed by atoms with Crippen molar-refractivity contribution in [1.29, 1.82) is 0 Å². The number of benzene rings is 2. The molecule has 0 aliphatic heterocycles. The van der Waals surface area contributed by atoms with Crippen molar-refractivity contribution in [2.24, 2.45) is 5.10 Å². The minimum atomic E-state index is -0.299. The van der Waals surface area contributed by atoms with Crippen molar-refractivity contribution >= 4 is 17.4 Å². The summed E-state index contributed by atoms with van der Waals surface area (Å²) in [7, 11) is 0. The van der Waals surface area contributed by atoms with Gasteiger partial charge in [-0.3, -0.25) is 9.59 Å². The monoisotopic (exact) mass is 388 g/mol. The summed E-state index contributed by atoms with van der Waals surface area (Å²) in [4.78, 5) is 25.2. The van der Waals surface area contributed by atoms with Gasteiger partial charge < -0.3 is 0 Å². The predicted octanol–water partition coefficient (Wildman–Crippen LogP) is 2.62. The van der Waals surface area contributed by atoms with Crippen LogP contribution in [0.3, 0.4) is 0 Å². The van der Waals surface area contributed by atoms with Crippen molar-refractivity contribution in [3.05, 3.63) is 65.7 Å². The number of nitrogens with one attached hydrogen (secondary N) is 1. The van der Waals surface area contributed by atoms with Gasteiger partial charge in [0, 0.05) is 29.7 Å². The quantitative estimate of drug-likeness (QED) is 0.677. The maximum atomic E-state index is 12.3. The van der Waals surface area contributed by atoms with E-state index in [1.165, 1.54) is 4.80 Å². The van der Waals surface area contributed by atoms with Crippen LogP contribution < -0.4 is 5.43 Å². The number of carbonyl (C=O) groups excluding carboxylic acids is 2. The number of hydrazone groups is 1. The summed E-state index contributed by atoms with van der Waals surface area (Å²) in [5.74, 6) is 0.444. The Morgan fingerprint density at radius 3 is 2.62 bits per heavy atom.